The first-order valence-corrected chi connectivity index (χ1v) is 7.02. The Bertz CT molecular complexity index is 472. The van der Waals surface area contributed by atoms with Gasteiger partial charge in [-0.3, -0.25) is 4.55 Å². The molecule has 3 N–H and O–H groups in total. The Kier molecular flexibility index (Phi) is 4.55. The number of halogens is 1. The Morgan fingerprint density at radius 2 is 1.88 bits per heavy atom. The van der Waals surface area contributed by atoms with Gasteiger partial charge in [0.05, 0.1) is 0 Å². The van der Waals surface area contributed by atoms with E-state index in [9.17, 15) is 8.42 Å². The van der Waals surface area contributed by atoms with E-state index in [1.807, 2.05) is 12.1 Å². The molecule has 0 heterocycles. The first-order chi connectivity index (χ1) is 7.78. The first kappa shape index (κ1) is 14.4. The monoisotopic (exact) mass is 277 g/mol. The molecule has 1 atom stereocenters. The minimum atomic E-state index is -4.14. The fourth-order valence-electron chi connectivity index (χ4n) is 1.40. The third-order valence-electron chi connectivity index (χ3n) is 2.91. The van der Waals surface area contributed by atoms with Crippen molar-refractivity contribution in [2.24, 2.45) is 5.73 Å². The fraction of sp³-hybridized carbons (Fsp3) is 0.455. The summed E-state index contributed by atoms with van der Waals surface area (Å²) in [6, 6.07) is 7.13. The van der Waals surface area contributed by atoms with Crippen molar-refractivity contribution in [3.05, 3.63) is 34.9 Å². The zero-order valence-corrected chi connectivity index (χ0v) is 11.1. The summed E-state index contributed by atoms with van der Waals surface area (Å²) in [5, 5.41) is 0.630. The molecule has 6 heteroatoms. The lowest BCUT2D eigenvalue weighted by atomic mass is 10.0. The van der Waals surface area contributed by atoms with Crippen LogP contribution in [0, 0.1) is 0 Å². The zero-order valence-electron chi connectivity index (χ0n) is 9.56. The summed E-state index contributed by atoms with van der Waals surface area (Å²) in [7, 11) is -4.14. The Morgan fingerprint density at radius 3 is 2.29 bits per heavy atom. The second-order valence-corrected chi connectivity index (χ2v) is 6.63. The van der Waals surface area contributed by atoms with Crippen LogP contribution in [0.5, 0.6) is 0 Å². The first-order valence-electron chi connectivity index (χ1n) is 5.20. The molecule has 17 heavy (non-hydrogen) atoms. The lowest BCUT2D eigenvalue weighted by Gasteiger charge is -2.24. The van der Waals surface area contributed by atoms with Gasteiger partial charge in [0, 0.05) is 11.6 Å². The number of aryl methyl sites for hydroxylation is 1. The van der Waals surface area contributed by atoms with Crippen LogP contribution in [0.2, 0.25) is 5.02 Å². The summed E-state index contributed by atoms with van der Waals surface area (Å²) in [6.07, 6.45) is 0.786. The van der Waals surface area contributed by atoms with Crippen molar-refractivity contribution in [1.82, 2.24) is 0 Å². The molecular formula is C11H16ClNO3S. The van der Waals surface area contributed by atoms with Gasteiger partial charge in [0.2, 0.25) is 0 Å². The summed E-state index contributed by atoms with van der Waals surface area (Å²) >= 11 is 5.75. The molecule has 1 aromatic carbocycles. The summed E-state index contributed by atoms with van der Waals surface area (Å²) in [6.45, 7) is 1.33. The zero-order chi connectivity index (χ0) is 13.1. The Hall–Kier alpha value is -0.620. The topological polar surface area (TPSA) is 80.4 Å². The van der Waals surface area contributed by atoms with Gasteiger partial charge in [-0.1, -0.05) is 23.7 Å². The maximum absolute atomic E-state index is 11.2. The van der Waals surface area contributed by atoms with E-state index in [2.05, 4.69) is 0 Å². The van der Waals surface area contributed by atoms with E-state index in [0.29, 0.717) is 11.4 Å². The maximum atomic E-state index is 11.2. The molecule has 0 radical (unpaired) electrons. The fourth-order valence-corrected chi connectivity index (χ4v) is 2.09. The molecule has 0 aliphatic carbocycles. The van der Waals surface area contributed by atoms with Crippen LogP contribution in [0.25, 0.3) is 0 Å². The van der Waals surface area contributed by atoms with Crippen LogP contribution < -0.4 is 5.73 Å². The van der Waals surface area contributed by atoms with Crippen molar-refractivity contribution in [2.45, 2.75) is 24.5 Å². The number of benzene rings is 1. The largest absolute Gasteiger partial charge is 0.329 e. The van der Waals surface area contributed by atoms with Crippen LogP contribution in [0.15, 0.2) is 24.3 Å². The van der Waals surface area contributed by atoms with E-state index < -0.39 is 14.9 Å². The predicted octanol–water partition coefficient (Wildman–Crippen LogP) is 1.88. The second-order valence-electron chi connectivity index (χ2n) is 4.26. The van der Waals surface area contributed by atoms with Crippen LogP contribution in [0.4, 0.5) is 0 Å². The molecule has 1 unspecified atom stereocenters. The third-order valence-corrected chi connectivity index (χ3v) is 4.78. The maximum Gasteiger partial charge on any atom is 0.271 e. The van der Waals surface area contributed by atoms with E-state index in [1.165, 1.54) is 6.92 Å². The standard InChI is InChI=1S/C11H16ClNO3S/c1-11(8-13,17(14,15)16)7-6-9-2-4-10(12)5-3-9/h2-5H,6-8,13H2,1H3,(H,14,15,16). The molecule has 0 fully saturated rings. The molecule has 0 aliphatic rings. The number of hydrogen-bond donors (Lipinski definition) is 2. The molecule has 0 saturated carbocycles. The van der Waals surface area contributed by atoms with Gasteiger partial charge >= 0.3 is 0 Å². The Labute approximate surface area is 107 Å². The molecular weight excluding hydrogens is 262 g/mol. The van der Waals surface area contributed by atoms with E-state index in [0.717, 1.165) is 5.56 Å². The van der Waals surface area contributed by atoms with Gasteiger partial charge in [-0.05, 0) is 37.5 Å². The van der Waals surface area contributed by atoms with Gasteiger partial charge in [-0.2, -0.15) is 8.42 Å². The lowest BCUT2D eigenvalue weighted by Crippen LogP contribution is -2.42. The van der Waals surface area contributed by atoms with Gasteiger partial charge in [0.25, 0.3) is 10.1 Å². The SMILES string of the molecule is CC(CN)(CCc1ccc(Cl)cc1)S(=O)(=O)O. The molecule has 0 saturated heterocycles. The van der Waals surface area contributed by atoms with E-state index in [1.54, 1.807) is 12.1 Å². The van der Waals surface area contributed by atoms with Crippen LogP contribution in [-0.4, -0.2) is 24.3 Å². The van der Waals surface area contributed by atoms with Gasteiger partial charge in [0.15, 0.2) is 0 Å². The highest BCUT2D eigenvalue weighted by molar-refractivity contribution is 7.87. The van der Waals surface area contributed by atoms with E-state index in [4.69, 9.17) is 21.9 Å². The van der Waals surface area contributed by atoms with Crippen LogP contribution in [0.3, 0.4) is 0 Å². The molecule has 0 bridgehead atoms. The average molecular weight is 278 g/mol. The highest BCUT2D eigenvalue weighted by atomic mass is 35.5. The van der Waals surface area contributed by atoms with Gasteiger partial charge < -0.3 is 5.73 Å². The van der Waals surface area contributed by atoms with Crippen molar-refractivity contribution < 1.29 is 13.0 Å². The summed E-state index contributed by atoms with van der Waals surface area (Å²) in [5.74, 6) is 0. The summed E-state index contributed by atoms with van der Waals surface area (Å²) in [4.78, 5) is 0. The third kappa shape index (κ3) is 3.67. The summed E-state index contributed by atoms with van der Waals surface area (Å²) < 4.78 is 30.3. The molecule has 0 aliphatic heterocycles. The van der Waals surface area contributed by atoms with Crippen molar-refractivity contribution in [3.63, 3.8) is 0 Å². The van der Waals surface area contributed by atoms with Crippen LogP contribution in [-0.2, 0) is 16.5 Å². The highest BCUT2D eigenvalue weighted by Crippen LogP contribution is 2.22. The molecule has 1 aromatic rings. The smallest absolute Gasteiger partial charge is 0.271 e. The molecule has 0 amide bonds. The minimum absolute atomic E-state index is 0.112. The Balaban J connectivity index is 2.75. The molecule has 96 valence electrons. The minimum Gasteiger partial charge on any atom is -0.329 e. The molecule has 4 nitrogen and oxygen atoms in total. The van der Waals surface area contributed by atoms with Crippen LogP contribution in [0.1, 0.15) is 18.9 Å². The lowest BCUT2D eigenvalue weighted by molar-refractivity contribution is 0.422. The van der Waals surface area contributed by atoms with Crippen LogP contribution >= 0.6 is 11.6 Å². The van der Waals surface area contributed by atoms with Gasteiger partial charge in [-0.25, -0.2) is 0 Å². The summed E-state index contributed by atoms with van der Waals surface area (Å²) in [5.41, 5.74) is 6.38. The van der Waals surface area contributed by atoms with Gasteiger partial charge in [-0.15, -0.1) is 0 Å². The number of nitrogens with two attached hydrogens (primary N) is 1. The molecule has 1 rings (SSSR count). The average Bonchev–Trinajstić information content (AvgIpc) is 2.26. The van der Waals surface area contributed by atoms with Crippen molar-refractivity contribution in [2.75, 3.05) is 6.54 Å². The molecule has 0 spiro atoms. The van der Waals surface area contributed by atoms with Crippen molar-refractivity contribution in [3.8, 4) is 0 Å². The normalized spacial score (nSPS) is 15.5. The van der Waals surface area contributed by atoms with E-state index in [-0.39, 0.29) is 13.0 Å². The van der Waals surface area contributed by atoms with Crippen molar-refractivity contribution >= 4 is 21.7 Å². The second kappa shape index (κ2) is 5.35. The number of hydrogen-bond acceptors (Lipinski definition) is 3. The Morgan fingerprint density at radius 1 is 1.35 bits per heavy atom. The van der Waals surface area contributed by atoms with Crippen molar-refractivity contribution in [1.29, 1.82) is 0 Å². The quantitative estimate of drug-likeness (QED) is 0.805. The van der Waals surface area contributed by atoms with E-state index >= 15 is 0 Å². The highest BCUT2D eigenvalue weighted by Gasteiger charge is 2.36. The predicted molar refractivity (Wildman–Crippen MR) is 68.8 cm³/mol. The molecule has 0 aromatic heterocycles. The number of rotatable bonds is 5. The van der Waals surface area contributed by atoms with Gasteiger partial charge in [0.1, 0.15) is 4.75 Å².